The van der Waals surface area contributed by atoms with Crippen molar-refractivity contribution in [1.82, 2.24) is 0 Å². The van der Waals surface area contributed by atoms with Gasteiger partial charge in [0.2, 0.25) is 5.91 Å². The molecule has 0 saturated carbocycles. The van der Waals surface area contributed by atoms with E-state index in [-0.39, 0.29) is 11.8 Å². The van der Waals surface area contributed by atoms with Crippen LogP contribution in [0.4, 0.5) is 5.69 Å². The molecule has 3 nitrogen and oxygen atoms in total. The zero-order valence-electron chi connectivity index (χ0n) is 11.5. The first-order chi connectivity index (χ1) is 9.68. The number of benzene rings is 2. The van der Waals surface area contributed by atoms with Gasteiger partial charge >= 0.3 is 0 Å². The van der Waals surface area contributed by atoms with Crippen molar-refractivity contribution >= 4 is 11.6 Å². The summed E-state index contributed by atoms with van der Waals surface area (Å²) in [5.41, 5.74) is 9.42. The zero-order valence-corrected chi connectivity index (χ0v) is 11.5. The number of hydrogen-bond acceptors (Lipinski definition) is 2. The SMILES string of the molecule is CN1C(=O)[C@H](N)C[C@H](c2ccccc2)c2ccccc21. The van der Waals surface area contributed by atoms with Gasteiger partial charge < -0.3 is 10.6 Å². The topological polar surface area (TPSA) is 46.3 Å². The first-order valence-corrected chi connectivity index (χ1v) is 6.85. The van der Waals surface area contributed by atoms with Gasteiger partial charge in [-0.2, -0.15) is 0 Å². The Bertz CT molecular complexity index is 624. The quantitative estimate of drug-likeness (QED) is 0.862. The average Bonchev–Trinajstić information content (AvgIpc) is 2.60. The second kappa shape index (κ2) is 5.10. The molecular formula is C17H18N2O. The number of likely N-dealkylation sites (N-methyl/N-ethyl adjacent to an activating group) is 1. The molecule has 1 heterocycles. The summed E-state index contributed by atoms with van der Waals surface area (Å²) in [6.07, 6.45) is 0.643. The third-order valence-electron chi connectivity index (χ3n) is 4.01. The Morgan fingerprint density at radius 2 is 1.70 bits per heavy atom. The second-order valence-electron chi connectivity index (χ2n) is 5.26. The largest absolute Gasteiger partial charge is 0.320 e. The number of amides is 1. The Morgan fingerprint density at radius 1 is 1.05 bits per heavy atom. The minimum Gasteiger partial charge on any atom is -0.320 e. The molecule has 0 fully saturated rings. The van der Waals surface area contributed by atoms with Crippen molar-refractivity contribution in [3.63, 3.8) is 0 Å². The maximum Gasteiger partial charge on any atom is 0.243 e. The van der Waals surface area contributed by atoms with E-state index in [0.29, 0.717) is 6.42 Å². The number of anilines is 1. The summed E-state index contributed by atoms with van der Waals surface area (Å²) in [7, 11) is 1.80. The molecule has 1 aliphatic rings. The van der Waals surface area contributed by atoms with Crippen LogP contribution in [0.1, 0.15) is 23.5 Å². The van der Waals surface area contributed by atoms with Gasteiger partial charge in [0.1, 0.15) is 0 Å². The Labute approximate surface area is 119 Å². The molecule has 20 heavy (non-hydrogen) atoms. The zero-order chi connectivity index (χ0) is 14.1. The minimum absolute atomic E-state index is 0.0177. The molecule has 2 N–H and O–H groups in total. The number of rotatable bonds is 1. The molecule has 3 heteroatoms. The van der Waals surface area contributed by atoms with Crippen molar-refractivity contribution in [2.75, 3.05) is 11.9 Å². The van der Waals surface area contributed by atoms with Crippen LogP contribution < -0.4 is 10.6 Å². The van der Waals surface area contributed by atoms with Crippen LogP contribution in [0.25, 0.3) is 0 Å². The van der Waals surface area contributed by atoms with E-state index >= 15 is 0 Å². The lowest BCUT2D eigenvalue weighted by atomic mass is 9.86. The third kappa shape index (κ3) is 2.10. The molecule has 0 unspecified atom stereocenters. The van der Waals surface area contributed by atoms with Crippen molar-refractivity contribution in [1.29, 1.82) is 0 Å². The van der Waals surface area contributed by atoms with Crippen LogP contribution >= 0.6 is 0 Å². The molecule has 102 valence electrons. The highest BCUT2D eigenvalue weighted by molar-refractivity contribution is 5.98. The number of carbonyl (C=O) groups excluding carboxylic acids is 1. The maximum atomic E-state index is 12.3. The summed E-state index contributed by atoms with van der Waals surface area (Å²) >= 11 is 0. The van der Waals surface area contributed by atoms with Crippen molar-refractivity contribution in [2.45, 2.75) is 18.4 Å². The van der Waals surface area contributed by atoms with Gasteiger partial charge in [-0.1, -0.05) is 48.5 Å². The molecule has 1 aliphatic heterocycles. The fourth-order valence-corrected chi connectivity index (χ4v) is 2.94. The van der Waals surface area contributed by atoms with E-state index in [1.54, 1.807) is 11.9 Å². The predicted octanol–water partition coefficient (Wildman–Crippen LogP) is 2.51. The van der Waals surface area contributed by atoms with Crippen molar-refractivity contribution < 1.29 is 4.79 Å². The lowest BCUT2D eigenvalue weighted by Gasteiger charge is -2.20. The predicted molar refractivity (Wildman–Crippen MR) is 80.7 cm³/mol. The molecule has 0 radical (unpaired) electrons. The highest BCUT2D eigenvalue weighted by Gasteiger charge is 2.31. The molecule has 0 aromatic heterocycles. The lowest BCUT2D eigenvalue weighted by Crippen LogP contribution is -2.40. The molecule has 2 atom stereocenters. The normalized spacial score (nSPS) is 22.3. The van der Waals surface area contributed by atoms with Crippen LogP contribution in [0.2, 0.25) is 0 Å². The van der Waals surface area contributed by atoms with Gasteiger partial charge in [0.05, 0.1) is 6.04 Å². The fraction of sp³-hybridized carbons (Fsp3) is 0.235. The van der Waals surface area contributed by atoms with Crippen molar-refractivity contribution in [3.05, 3.63) is 65.7 Å². The maximum absolute atomic E-state index is 12.3. The van der Waals surface area contributed by atoms with Gasteiger partial charge in [0, 0.05) is 18.7 Å². The molecule has 0 aliphatic carbocycles. The molecule has 0 saturated heterocycles. The van der Waals surface area contributed by atoms with Gasteiger partial charge in [-0.25, -0.2) is 0 Å². The number of fused-ring (bicyclic) bond motifs is 1. The first-order valence-electron chi connectivity index (χ1n) is 6.85. The molecule has 0 bridgehead atoms. The Balaban J connectivity index is 2.15. The number of para-hydroxylation sites is 1. The molecular weight excluding hydrogens is 248 g/mol. The summed E-state index contributed by atoms with van der Waals surface area (Å²) in [5.74, 6) is 0.146. The van der Waals surface area contributed by atoms with Gasteiger partial charge in [0.25, 0.3) is 0 Å². The monoisotopic (exact) mass is 266 g/mol. The molecule has 2 aromatic rings. The Kier molecular flexibility index (Phi) is 3.28. The summed E-state index contributed by atoms with van der Waals surface area (Å²) in [5, 5.41) is 0. The second-order valence-corrected chi connectivity index (χ2v) is 5.26. The van der Waals surface area contributed by atoms with Crippen molar-refractivity contribution in [2.24, 2.45) is 5.73 Å². The highest BCUT2D eigenvalue weighted by Crippen LogP contribution is 2.37. The van der Waals surface area contributed by atoms with Gasteiger partial charge in [-0.3, -0.25) is 4.79 Å². The summed E-state index contributed by atoms with van der Waals surface area (Å²) in [6.45, 7) is 0. The number of hydrogen-bond donors (Lipinski definition) is 1. The molecule has 2 aromatic carbocycles. The van der Waals surface area contributed by atoms with E-state index in [9.17, 15) is 4.79 Å². The van der Waals surface area contributed by atoms with Gasteiger partial charge in [-0.05, 0) is 23.6 Å². The highest BCUT2D eigenvalue weighted by atomic mass is 16.2. The number of carbonyl (C=O) groups is 1. The average molecular weight is 266 g/mol. The van der Waals surface area contributed by atoms with E-state index < -0.39 is 6.04 Å². The van der Waals surface area contributed by atoms with Crippen LogP contribution in [0.15, 0.2) is 54.6 Å². The van der Waals surface area contributed by atoms with Crippen LogP contribution in [-0.2, 0) is 4.79 Å². The van der Waals surface area contributed by atoms with Crippen LogP contribution in [0.5, 0.6) is 0 Å². The number of nitrogens with zero attached hydrogens (tertiary/aromatic N) is 1. The Morgan fingerprint density at radius 3 is 2.45 bits per heavy atom. The van der Waals surface area contributed by atoms with Crippen molar-refractivity contribution in [3.8, 4) is 0 Å². The molecule has 1 amide bonds. The summed E-state index contributed by atoms with van der Waals surface area (Å²) < 4.78 is 0. The van der Waals surface area contributed by atoms with Gasteiger partial charge in [0.15, 0.2) is 0 Å². The van der Waals surface area contributed by atoms with E-state index in [0.717, 1.165) is 5.69 Å². The molecule has 0 spiro atoms. The Hall–Kier alpha value is -2.13. The van der Waals surface area contributed by atoms with E-state index in [1.807, 2.05) is 36.4 Å². The molecule has 3 rings (SSSR count). The van der Waals surface area contributed by atoms with Crippen LogP contribution in [-0.4, -0.2) is 19.0 Å². The smallest absolute Gasteiger partial charge is 0.243 e. The fourth-order valence-electron chi connectivity index (χ4n) is 2.94. The van der Waals surface area contributed by atoms with Gasteiger partial charge in [-0.15, -0.1) is 0 Å². The summed E-state index contributed by atoms with van der Waals surface area (Å²) in [6, 6.07) is 17.9. The van der Waals surface area contributed by atoms with E-state index in [4.69, 9.17) is 5.73 Å². The first kappa shape index (κ1) is 12.9. The van der Waals surface area contributed by atoms with Crippen LogP contribution in [0.3, 0.4) is 0 Å². The minimum atomic E-state index is -0.461. The lowest BCUT2D eigenvalue weighted by molar-refractivity contribution is -0.119. The standard InChI is InChI=1S/C17H18N2O/c1-19-16-10-6-5-9-13(16)14(11-15(18)17(19)20)12-7-3-2-4-8-12/h2-10,14-15H,11,18H2,1H3/t14-,15-/m1/s1. The van der Waals surface area contributed by atoms with E-state index in [2.05, 4.69) is 18.2 Å². The summed E-state index contributed by atoms with van der Waals surface area (Å²) in [4.78, 5) is 14.0. The van der Waals surface area contributed by atoms with E-state index in [1.165, 1.54) is 11.1 Å². The number of nitrogens with two attached hydrogens (primary N) is 1. The third-order valence-corrected chi connectivity index (χ3v) is 4.01. The van der Waals surface area contributed by atoms with Crippen LogP contribution in [0, 0.1) is 0 Å².